The number of benzene rings is 2. The van der Waals surface area contributed by atoms with Gasteiger partial charge < -0.3 is 9.47 Å². The van der Waals surface area contributed by atoms with Crippen molar-refractivity contribution in [2.24, 2.45) is 5.10 Å². The Morgan fingerprint density at radius 3 is 2.82 bits per heavy atom. The second kappa shape index (κ2) is 9.52. The van der Waals surface area contributed by atoms with Crippen molar-refractivity contribution in [3.05, 3.63) is 69.2 Å². The van der Waals surface area contributed by atoms with Crippen molar-refractivity contribution in [3.63, 3.8) is 0 Å². The molecular weight excluding hydrogens is 396 g/mol. The quantitative estimate of drug-likeness (QED) is 0.413. The fraction of sp³-hybridized carbons (Fsp3) is 0.250. The number of nitrogens with one attached hydrogen (secondary N) is 1. The van der Waals surface area contributed by atoms with E-state index in [4.69, 9.17) is 33.3 Å². The molecule has 1 N–H and O–H groups in total. The molecule has 146 valence electrons. The van der Waals surface area contributed by atoms with Crippen LogP contribution in [0.15, 0.2) is 47.6 Å². The summed E-state index contributed by atoms with van der Waals surface area (Å²) in [5.41, 5.74) is 1.65. The van der Waals surface area contributed by atoms with E-state index in [0.29, 0.717) is 27.9 Å². The SMILES string of the molecule is CCCc1n[nH]c(=S)n1/N=C\c1cccc(OC)c1OCc1ccccc1Cl. The van der Waals surface area contributed by atoms with Gasteiger partial charge >= 0.3 is 0 Å². The summed E-state index contributed by atoms with van der Waals surface area (Å²) in [6, 6.07) is 13.2. The smallest absolute Gasteiger partial charge is 0.216 e. The zero-order valence-electron chi connectivity index (χ0n) is 15.7. The van der Waals surface area contributed by atoms with E-state index in [9.17, 15) is 0 Å². The van der Waals surface area contributed by atoms with Gasteiger partial charge in [-0.2, -0.15) is 14.9 Å². The highest BCUT2D eigenvalue weighted by molar-refractivity contribution is 7.71. The van der Waals surface area contributed by atoms with Gasteiger partial charge in [0.15, 0.2) is 17.3 Å². The molecule has 3 rings (SSSR count). The molecule has 0 aliphatic rings. The van der Waals surface area contributed by atoms with Gasteiger partial charge in [-0.1, -0.05) is 42.8 Å². The lowest BCUT2D eigenvalue weighted by Gasteiger charge is -2.14. The lowest BCUT2D eigenvalue weighted by Crippen LogP contribution is -2.03. The van der Waals surface area contributed by atoms with Crippen LogP contribution in [0.1, 0.15) is 30.3 Å². The number of para-hydroxylation sites is 1. The maximum Gasteiger partial charge on any atom is 0.216 e. The number of aromatic nitrogens is 3. The van der Waals surface area contributed by atoms with Crippen LogP contribution < -0.4 is 9.47 Å². The van der Waals surface area contributed by atoms with Crippen LogP contribution in [0.2, 0.25) is 5.02 Å². The molecule has 0 unspecified atom stereocenters. The van der Waals surface area contributed by atoms with Crippen molar-refractivity contribution >= 4 is 30.0 Å². The molecule has 0 aliphatic carbocycles. The van der Waals surface area contributed by atoms with Gasteiger partial charge in [0.25, 0.3) is 0 Å². The van der Waals surface area contributed by atoms with Crippen LogP contribution in [0, 0.1) is 4.77 Å². The van der Waals surface area contributed by atoms with Gasteiger partial charge in [-0.3, -0.25) is 5.10 Å². The first-order valence-corrected chi connectivity index (χ1v) is 9.66. The molecule has 0 saturated heterocycles. The summed E-state index contributed by atoms with van der Waals surface area (Å²) in [5, 5.41) is 12.2. The van der Waals surface area contributed by atoms with Crippen molar-refractivity contribution in [1.29, 1.82) is 0 Å². The van der Waals surface area contributed by atoms with Gasteiger partial charge in [0.1, 0.15) is 6.61 Å². The van der Waals surface area contributed by atoms with Crippen LogP contribution in [0.4, 0.5) is 0 Å². The molecule has 0 atom stereocenters. The molecule has 28 heavy (non-hydrogen) atoms. The molecule has 0 radical (unpaired) electrons. The van der Waals surface area contributed by atoms with Crippen LogP contribution in [-0.2, 0) is 13.0 Å². The highest BCUT2D eigenvalue weighted by Gasteiger charge is 2.11. The summed E-state index contributed by atoms with van der Waals surface area (Å²) in [6.07, 6.45) is 3.41. The number of halogens is 1. The number of H-pyrrole nitrogens is 1. The monoisotopic (exact) mass is 416 g/mol. The number of aryl methyl sites for hydroxylation is 1. The second-order valence-electron chi connectivity index (χ2n) is 6.01. The highest BCUT2D eigenvalue weighted by atomic mass is 35.5. The molecule has 8 heteroatoms. The maximum atomic E-state index is 6.23. The number of methoxy groups -OCH3 is 1. The second-order valence-corrected chi connectivity index (χ2v) is 6.80. The third-order valence-corrected chi connectivity index (χ3v) is 4.70. The largest absolute Gasteiger partial charge is 0.493 e. The number of hydrogen-bond acceptors (Lipinski definition) is 5. The molecule has 0 saturated carbocycles. The lowest BCUT2D eigenvalue weighted by atomic mass is 10.2. The van der Waals surface area contributed by atoms with Gasteiger partial charge in [-0.25, -0.2) is 0 Å². The van der Waals surface area contributed by atoms with E-state index in [2.05, 4.69) is 22.2 Å². The highest BCUT2D eigenvalue weighted by Crippen LogP contribution is 2.31. The topological polar surface area (TPSA) is 64.4 Å². The molecule has 6 nitrogen and oxygen atoms in total. The van der Waals surface area contributed by atoms with Gasteiger partial charge in [-0.05, 0) is 36.8 Å². The molecule has 1 heterocycles. The predicted molar refractivity (Wildman–Crippen MR) is 113 cm³/mol. The zero-order valence-corrected chi connectivity index (χ0v) is 17.3. The first kappa shape index (κ1) is 20.1. The molecule has 0 amide bonds. The molecule has 3 aromatic rings. The van der Waals surface area contributed by atoms with E-state index in [1.807, 2.05) is 42.5 Å². The Morgan fingerprint density at radius 1 is 1.25 bits per heavy atom. The van der Waals surface area contributed by atoms with Gasteiger partial charge in [0.2, 0.25) is 4.77 Å². The van der Waals surface area contributed by atoms with Gasteiger partial charge in [0.05, 0.1) is 13.3 Å². The minimum absolute atomic E-state index is 0.313. The van der Waals surface area contributed by atoms with Crippen molar-refractivity contribution in [2.75, 3.05) is 7.11 Å². The Bertz CT molecular complexity index is 1030. The van der Waals surface area contributed by atoms with Crippen LogP contribution in [0.25, 0.3) is 0 Å². The molecule has 0 bridgehead atoms. The summed E-state index contributed by atoms with van der Waals surface area (Å²) in [6.45, 7) is 2.39. The molecule has 0 fully saturated rings. The van der Waals surface area contributed by atoms with Crippen LogP contribution in [-0.4, -0.2) is 28.2 Å². The first-order valence-electron chi connectivity index (χ1n) is 8.88. The van der Waals surface area contributed by atoms with Gasteiger partial charge in [-0.15, -0.1) is 0 Å². The fourth-order valence-electron chi connectivity index (χ4n) is 2.66. The number of nitrogens with zero attached hydrogens (tertiary/aromatic N) is 3. The Hall–Kier alpha value is -2.64. The van der Waals surface area contributed by atoms with E-state index >= 15 is 0 Å². The number of ether oxygens (including phenoxy) is 2. The fourth-order valence-corrected chi connectivity index (χ4v) is 3.05. The van der Waals surface area contributed by atoms with E-state index in [-0.39, 0.29) is 0 Å². The third kappa shape index (κ3) is 4.61. The van der Waals surface area contributed by atoms with Crippen molar-refractivity contribution in [3.8, 4) is 11.5 Å². The molecular formula is C20H21ClN4O2S. The van der Waals surface area contributed by atoms with E-state index in [0.717, 1.165) is 29.8 Å². The molecule has 2 aromatic carbocycles. The average molecular weight is 417 g/mol. The average Bonchev–Trinajstić information content (AvgIpc) is 3.05. The predicted octanol–water partition coefficient (Wildman–Crippen LogP) is 5.02. The Kier molecular flexibility index (Phi) is 6.84. The summed E-state index contributed by atoms with van der Waals surface area (Å²) in [7, 11) is 1.60. The summed E-state index contributed by atoms with van der Waals surface area (Å²) in [5.74, 6) is 1.98. The standard InChI is InChI=1S/C20H21ClN4O2S/c1-3-7-18-23-24-20(28)25(18)22-12-14-9-6-11-17(26-2)19(14)27-13-15-8-4-5-10-16(15)21/h4-6,8-12H,3,7,13H2,1-2H3,(H,24,28)/b22-12-. The summed E-state index contributed by atoms with van der Waals surface area (Å²) < 4.78 is 13.6. The molecule has 1 aromatic heterocycles. The Morgan fingerprint density at radius 2 is 2.07 bits per heavy atom. The zero-order chi connectivity index (χ0) is 19.9. The molecule has 0 aliphatic heterocycles. The Balaban J connectivity index is 1.90. The summed E-state index contributed by atoms with van der Waals surface area (Å²) >= 11 is 11.5. The lowest BCUT2D eigenvalue weighted by molar-refractivity contribution is 0.284. The number of rotatable bonds is 8. The van der Waals surface area contributed by atoms with Crippen LogP contribution in [0.3, 0.4) is 0 Å². The van der Waals surface area contributed by atoms with Crippen molar-refractivity contribution in [1.82, 2.24) is 14.9 Å². The Labute approximate surface area is 173 Å². The molecule has 0 spiro atoms. The van der Waals surface area contributed by atoms with Crippen LogP contribution >= 0.6 is 23.8 Å². The van der Waals surface area contributed by atoms with Crippen molar-refractivity contribution < 1.29 is 9.47 Å². The van der Waals surface area contributed by atoms with E-state index in [1.54, 1.807) is 18.0 Å². The first-order chi connectivity index (χ1) is 13.6. The minimum Gasteiger partial charge on any atom is -0.493 e. The van der Waals surface area contributed by atoms with Crippen molar-refractivity contribution in [2.45, 2.75) is 26.4 Å². The number of aromatic amines is 1. The maximum absolute atomic E-state index is 6.23. The third-order valence-electron chi connectivity index (χ3n) is 4.06. The summed E-state index contributed by atoms with van der Waals surface area (Å²) in [4.78, 5) is 0. The van der Waals surface area contributed by atoms with E-state index < -0.39 is 0 Å². The minimum atomic E-state index is 0.313. The normalized spacial score (nSPS) is 11.1. The van der Waals surface area contributed by atoms with Crippen LogP contribution in [0.5, 0.6) is 11.5 Å². The van der Waals surface area contributed by atoms with Gasteiger partial charge in [0, 0.05) is 22.6 Å². The van der Waals surface area contributed by atoms with E-state index in [1.165, 1.54) is 0 Å². The number of hydrogen-bond donors (Lipinski definition) is 1.